The second-order valence-electron chi connectivity index (χ2n) is 6.59. The van der Waals surface area contributed by atoms with Crippen LogP contribution in [0.25, 0.3) is 0 Å². The van der Waals surface area contributed by atoms with E-state index in [1.54, 1.807) is 0 Å². The molecule has 1 aliphatic carbocycles. The molecule has 0 bridgehead atoms. The van der Waals surface area contributed by atoms with Gasteiger partial charge in [0.25, 0.3) is 0 Å². The highest BCUT2D eigenvalue weighted by Crippen LogP contribution is 2.47. The van der Waals surface area contributed by atoms with Gasteiger partial charge >= 0.3 is 0 Å². The van der Waals surface area contributed by atoms with E-state index in [1.165, 1.54) is 44.9 Å². The van der Waals surface area contributed by atoms with Crippen molar-refractivity contribution in [3.05, 3.63) is 0 Å². The Balaban J connectivity index is 2.00. The van der Waals surface area contributed by atoms with E-state index in [-0.39, 0.29) is 6.10 Å². The molecule has 0 aromatic rings. The fourth-order valence-corrected chi connectivity index (χ4v) is 2.66. The number of rotatable bonds is 13. The van der Waals surface area contributed by atoms with E-state index in [9.17, 15) is 5.11 Å². The van der Waals surface area contributed by atoms with Crippen LogP contribution in [0.15, 0.2) is 0 Å². The highest BCUT2D eigenvalue weighted by atomic mass is 16.5. The predicted molar refractivity (Wildman–Crippen MR) is 85.0 cm³/mol. The van der Waals surface area contributed by atoms with E-state index in [0.717, 1.165) is 13.2 Å². The molecular formula is C17H35NO2. The van der Waals surface area contributed by atoms with E-state index in [2.05, 4.69) is 26.1 Å². The minimum atomic E-state index is -0.369. The summed E-state index contributed by atoms with van der Waals surface area (Å²) in [5.74, 6) is 0.657. The van der Waals surface area contributed by atoms with Crippen molar-refractivity contribution in [2.75, 3.05) is 26.3 Å². The zero-order chi connectivity index (χ0) is 14.8. The van der Waals surface area contributed by atoms with Gasteiger partial charge in [0.2, 0.25) is 0 Å². The van der Waals surface area contributed by atoms with Crippen LogP contribution in [-0.4, -0.2) is 37.5 Å². The van der Waals surface area contributed by atoms with Gasteiger partial charge in [0.05, 0.1) is 12.7 Å². The first kappa shape index (κ1) is 17.9. The molecule has 1 aliphatic rings. The molecule has 120 valence electrons. The lowest BCUT2D eigenvalue weighted by Gasteiger charge is -2.18. The summed E-state index contributed by atoms with van der Waals surface area (Å²) in [6.07, 6.45) is 8.53. The maximum absolute atomic E-state index is 9.91. The lowest BCUT2D eigenvalue weighted by molar-refractivity contribution is 0.0189. The van der Waals surface area contributed by atoms with E-state index in [4.69, 9.17) is 4.74 Å². The Labute approximate surface area is 125 Å². The normalized spacial score (nSPS) is 19.8. The molecule has 1 fully saturated rings. The molecule has 1 rings (SSSR count). The maximum atomic E-state index is 9.91. The van der Waals surface area contributed by atoms with Crippen molar-refractivity contribution >= 4 is 0 Å². The summed E-state index contributed by atoms with van der Waals surface area (Å²) >= 11 is 0. The van der Waals surface area contributed by atoms with Crippen LogP contribution in [-0.2, 0) is 4.74 Å². The Morgan fingerprint density at radius 3 is 2.50 bits per heavy atom. The second-order valence-corrected chi connectivity index (χ2v) is 6.59. The van der Waals surface area contributed by atoms with Crippen LogP contribution in [0.3, 0.4) is 0 Å². The number of ether oxygens (including phenoxy) is 1. The summed E-state index contributed by atoms with van der Waals surface area (Å²) in [4.78, 5) is 0. The number of aliphatic hydroxyl groups is 1. The van der Waals surface area contributed by atoms with Crippen molar-refractivity contribution in [1.29, 1.82) is 0 Å². The third-order valence-corrected chi connectivity index (χ3v) is 4.79. The molecule has 0 amide bonds. The molecule has 1 saturated carbocycles. The highest BCUT2D eigenvalue weighted by molar-refractivity contribution is 4.93. The Morgan fingerprint density at radius 1 is 1.20 bits per heavy atom. The second kappa shape index (κ2) is 9.75. The number of aliphatic hydroxyl groups excluding tert-OH is 1. The zero-order valence-corrected chi connectivity index (χ0v) is 13.8. The van der Waals surface area contributed by atoms with Crippen LogP contribution in [0.2, 0.25) is 0 Å². The van der Waals surface area contributed by atoms with Crippen LogP contribution < -0.4 is 5.32 Å². The van der Waals surface area contributed by atoms with Gasteiger partial charge in [-0.3, -0.25) is 0 Å². The summed E-state index contributed by atoms with van der Waals surface area (Å²) in [5, 5.41) is 13.3. The topological polar surface area (TPSA) is 41.5 Å². The SMILES string of the molecule is CCCCC(CC)COCC(O)CNCC1(CC)CC1. The quantitative estimate of drug-likeness (QED) is 0.545. The van der Waals surface area contributed by atoms with Crippen LogP contribution in [0, 0.1) is 11.3 Å². The van der Waals surface area contributed by atoms with Gasteiger partial charge in [-0.25, -0.2) is 0 Å². The van der Waals surface area contributed by atoms with Crippen molar-refractivity contribution in [2.24, 2.45) is 11.3 Å². The molecule has 2 unspecified atom stereocenters. The van der Waals surface area contributed by atoms with Crippen molar-refractivity contribution in [1.82, 2.24) is 5.32 Å². The summed E-state index contributed by atoms with van der Waals surface area (Å²) in [7, 11) is 0. The van der Waals surface area contributed by atoms with Crippen molar-refractivity contribution < 1.29 is 9.84 Å². The van der Waals surface area contributed by atoms with Crippen molar-refractivity contribution in [3.8, 4) is 0 Å². The molecule has 0 heterocycles. The van der Waals surface area contributed by atoms with Gasteiger partial charge in [0, 0.05) is 19.7 Å². The Morgan fingerprint density at radius 2 is 1.95 bits per heavy atom. The maximum Gasteiger partial charge on any atom is 0.0897 e. The summed E-state index contributed by atoms with van der Waals surface area (Å²) in [5.41, 5.74) is 0.550. The Kier molecular flexibility index (Phi) is 8.74. The predicted octanol–water partition coefficient (Wildman–Crippen LogP) is 3.36. The molecular weight excluding hydrogens is 250 g/mol. The molecule has 0 spiro atoms. The molecule has 0 aliphatic heterocycles. The van der Waals surface area contributed by atoms with Gasteiger partial charge in [-0.15, -0.1) is 0 Å². The number of hydrogen-bond acceptors (Lipinski definition) is 3. The third-order valence-electron chi connectivity index (χ3n) is 4.79. The largest absolute Gasteiger partial charge is 0.389 e. The first-order valence-electron chi connectivity index (χ1n) is 8.62. The van der Waals surface area contributed by atoms with Crippen LogP contribution in [0.1, 0.15) is 65.7 Å². The monoisotopic (exact) mass is 285 g/mol. The van der Waals surface area contributed by atoms with Crippen molar-refractivity contribution in [2.45, 2.75) is 71.8 Å². The standard InChI is InChI=1S/C17H35NO2/c1-4-7-8-15(5-2)12-20-13-16(19)11-18-14-17(6-3)9-10-17/h15-16,18-19H,4-14H2,1-3H3. The smallest absolute Gasteiger partial charge is 0.0897 e. The number of hydrogen-bond donors (Lipinski definition) is 2. The minimum absolute atomic E-state index is 0.369. The van der Waals surface area contributed by atoms with E-state index in [0.29, 0.717) is 24.5 Å². The van der Waals surface area contributed by atoms with Gasteiger partial charge < -0.3 is 15.2 Å². The molecule has 20 heavy (non-hydrogen) atoms. The third kappa shape index (κ3) is 7.05. The van der Waals surface area contributed by atoms with Gasteiger partial charge in [0.15, 0.2) is 0 Å². The summed E-state index contributed by atoms with van der Waals surface area (Å²) in [6, 6.07) is 0. The van der Waals surface area contributed by atoms with Crippen LogP contribution >= 0.6 is 0 Å². The summed E-state index contributed by atoms with van der Waals surface area (Å²) < 4.78 is 5.68. The number of nitrogens with one attached hydrogen (secondary N) is 1. The molecule has 3 heteroatoms. The average molecular weight is 285 g/mol. The molecule has 2 atom stereocenters. The lowest BCUT2D eigenvalue weighted by atomic mass is 10.0. The molecule has 0 radical (unpaired) electrons. The molecule has 0 saturated heterocycles. The van der Waals surface area contributed by atoms with E-state index < -0.39 is 0 Å². The zero-order valence-electron chi connectivity index (χ0n) is 13.8. The molecule has 0 aromatic carbocycles. The van der Waals surface area contributed by atoms with Crippen molar-refractivity contribution in [3.63, 3.8) is 0 Å². The molecule has 3 nitrogen and oxygen atoms in total. The minimum Gasteiger partial charge on any atom is -0.389 e. The number of unbranched alkanes of at least 4 members (excludes halogenated alkanes) is 1. The van der Waals surface area contributed by atoms with Gasteiger partial charge in [-0.1, -0.05) is 40.0 Å². The summed E-state index contributed by atoms with van der Waals surface area (Å²) in [6.45, 7) is 9.69. The molecule has 2 N–H and O–H groups in total. The lowest BCUT2D eigenvalue weighted by Crippen LogP contribution is -2.34. The van der Waals surface area contributed by atoms with Crippen LogP contribution in [0.4, 0.5) is 0 Å². The van der Waals surface area contributed by atoms with Gasteiger partial charge in [-0.05, 0) is 37.0 Å². The fraction of sp³-hybridized carbons (Fsp3) is 1.00. The molecule has 0 aromatic heterocycles. The van der Waals surface area contributed by atoms with Gasteiger partial charge in [-0.2, -0.15) is 0 Å². The first-order chi connectivity index (χ1) is 9.65. The Hall–Kier alpha value is -0.120. The average Bonchev–Trinajstić information content (AvgIpc) is 3.23. The van der Waals surface area contributed by atoms with Gasteiger partial charge in [0.1, 0.15) is 0 Å². The van der Waals surface area contributed by atoms with E-state index >= 15 is 0 Å². The fourth-order valence-electron chi connectivity index (χ4n) is 2.66. The Bertz CT molecular complexity index is 241. The highest BCUT2D eigenvalue weighted by Gasteiger charge is 2.39. The van der Waals surface area contributed by atoms with Crippen LogP contribution in [0.5, 0.6) is 0 Å². The van der Waals surface area contributed by atoms with E-state index in [1.807, 2.05) is 0 Å². The first-order valence-corrected chi connectivity index (χ1v) is 8.62.